The van der Waals surface area contributed by atoms with Crippen LogP contribution in [-0.4, -0.2) is 6.29 Å². The Labute approximate surface area is 81.4 Å². The Kier molecular flexibility index (Phi) is 119. The molecular weight excluding hydrogens is 148 g/mol. The second-order valence-electron chi connectivity index (χ2n) is 1.60. The number of hydrogen-bond acceptors (Lipinski definition) is 1. The molecule has 0 aromatic carbocycles. The molecule has 0 spiro atoms. The molecule has 0 unspecified atom stereocenters. The monoisotopic (exact) mass is 178 g/mol. The van der Waals surface area contributed by atoms with Crippen LogP contribution in [0.25, 0.3) is 0 Å². The number of hydrogen-bond donors (Lipinski definition) is 0. The van der Waals surface area contributed by atoms with Gasteiger partial charge < -0.3 is 6.22 Å². The molecule has 0 rings (SSSR count). The summed E-state index contributed by atoms with van der Waals surface area (Å²) in [5.74, 6) is 0. The first kappa shape index (κ1) is 30.1. The van der Waals surface area contributed by atoms with Gasteiger partial charge >= 0.3 is 0 Å². The normalized spacial score (nSPS) is 4.50. The summed E-state index contributed by atoms with van der Waals surface area (Å²) in [6.07, 6.45) is 2.83. The topological polar surface area (TPSA) is 17.1 Å². The van der Waals surface area contributed by atoms with Gasteiger partial charge in [0.25, 0.3) is 0 Å². The van der Waals surface area contributed by atoms with Gasteiger partial charge in [-0.1, -0.05) is 40.3 Å². The number of carbonyl (C=O) groups is 1. The molecule has 80 valence electrons. The predicted octanol–water partition coefficient (Wildman–Crippen LogP) is 4.59. The van der Waals surface area contributed by atoms with Crippen molar-refractivity contribution in [2.24, 2.45) is 0 Å². The van der Waals surface area contributed by atoms with Crippen LogP contribution in [0.2, 0.25) is 0 Å². The fourth-order valence-corrected chi connectivity index (χ4v) is 0. The van der Waals surface area contributed by atoms with Gasteiger partial charge in [-0.2, -0.15) is 0 Å². The molecular formula is C11H29O-. The maximum Gasteiger partial charge on any atom is 0.116 e. The molecule has 0 aliphatic rings. The van der Waals surface area contributed by atoms with Crippen molar-refractivity contribution in [1.29, 1.82) is 0 Å². The van der Waals surface area contributed by atoms with E-state index in [1.807, 2.05) is 20.8 Å². The minimum absolute atomic E-state index is 0. The second-order valence-corrected chi connectivity index (χ2v) is 1.60. The largest absolute Gasteiger partial charge is 1.00 e. The lowest BCUT2D eigenvalue weighted by Crippen LogP contribution is -1.52. The standard InChI is InChI=1S/C5H10.C2H4O.C2H6.2CH4.H/c1-4-5(2)3;1-2-3;1-2;;;/h4H,1-3H3;2H,1H3;1-2H3;2*1H4;/q;;;;;-1/i;;;;;1+1. The first-order valence-electron chi connectivity index (χ1n) is 3.68. The molecule has 1 heteroatoms. The van der Waals surface area contributed by atoms with Crippen LogP contribution in [-0.2, 0) is 4.79 Å². The van der Waals surface area contributed by atoms with Crippen LogP contribution in [0.15, 0.2) is 11.6 Å². The first-order valence-corrected chi connectivity index (χ1v) is 3.68. The van der Waals surface area contributed by atoms with Gasteiger partial charge in [-0.05, 0) is 27.7 Å². The predicted molar refractivity (Wildman–Crippen MR) is 62.8 cm³/mol. The SMILES string of the molecule is C.C.CC.CC=C(C)C.CC=O.[2H-]. The molecule has 0 atom stereocenters. The van der Waals surface area contributed by atoms with Crippen LogP contribution in [0.3, 0.4) is 0 Å². The van der Waals surface area contributed by atoms with Crippen molar-refractivity contribution >= 4 is 6.29 Å². The number of carbonyl (C=O) groups excluding carboxylic acids is 1. The van der Waals surface area contributed by atoms with E-state index in [2.05, 4.69) is 19.9 Å². The zero-order valence-corrected chi connectivity index (χ0v) is 8.06. The Balaban J connectivity index is -0.0000000138. The molecule has 0 aromatic rings. The third-order valence-corrected chi connectivity index (χ3v) is 0.577. The van der Waals surface area contributed by atoms with Gasteiger partial charge in [-0.25, -0.2) is 0 Å². The highest BCUT2D eigenvalue weighted by Gasteiger charge is 1.60. The van der Waals surface area contributed by atoms with Crippen LogP contribution >= 0.6 is 0 Å². The van der Waals surface area contributed by atoms with Crippen molar-refractivity contribution in [2.45, 2.75) is 56.4 Å². The summed E-state index contributed by atoms with van der Waals surface area (Å²) in [7, 11) is 0. The van der Waals surface area contributed by atoms with Gasteiger partial charge in [-0.15, -0.1) is 0 Å². The minimum atomic E-state index is 0. The van der Waals surface area contributed by atoms with Crippen molar-refractivity contribution in [1.82, 2.24) is 0 Å². The van der Waals surface area contributed by atoms with Crippen LogP contribution in [0.5, 0.6) is 0 Å². The molecule has 0 saturated carbocycles. The summed E-state index contributed by atoms with van der Waals surface area (Å²) in [6.45, 7) is 11.6. The molecule has 0 amide bonds. The van der Waals surface area contributed by atoms with Gasteiger partial charge in [-0.3, -0.25) is 0 Å². The average Bonchev–Trinajstić information content (AvgIpc) is 1.94. The van der Waals surface area contributed by atoms with Crippen molar-refractivity contribution in [3.63, 3.8) is 0 Å². The summed E-state index contributed by atoms with van der Waals surface area (Å²) >= 11 is 0. The third-order valence-electron chi connectivity index (χ3n) is 0.577. The van der Waals surface area contributed by atoms with Crippen LogP contribution in [0.4, 0.5) is 0 Å². The lowest BCUT2D eigenvalue weighted by molar-refractivity contribution is -0.106. The Morgan fingerprint density at radius 1 is 1.08 bits per heavy atom. The quantitative estimate of drug-likeness (QED) is 0.392. The molecule has 0 aromatic heterocycles. The molecule has 0 bridgehead atoms. The van der Waals surface area contributed by atoms with Gasteiger partial charge in [0.1, 0.15) is 6.29 Å². The Morgan fingerprint density at radius 2 is 1.17 bits per heavy atom. The maximum atomic E-state index is 8.81. The van der Waals surface area contributed by atoms with E-state index in [-0.39, 0.29) is 16.3 Å². The molecule has 0 aliphatic heterocycles. The van der Waals surface area contributed by atoms with E-state index >= 15 is 0 Å². The van der Waals surface area contributed by atoms with Crippen molar-refractivity contribution in [2.75, 3.05) is 0 Å². The first-order chi connectivity index (χ1) is 4.68. The Bertz CT molecular complexity index is 74.2. The van der Waals surface area contributed by atoms with E-state index in [0.29, 0.717) is 0 Å². The third kappa shape index (κ3) is 335. The lowest BCUT2D eigenvalue weighted by atomic mass is 10.3. The molecule has 0 fully saturated rings. The fourth-order valence-electron chi connectivity index (χ4n) is 0. The minimum Gasteiger partial charge on any atom is -1.00 e. The second kappa shape index (κ2) is 47.4. The van der Waals surface area contributed by atoms with Crippen molar-refractivity contribution < 1.29 is 6.22 Å². The van der Waals surface area contributed by atoms with Crippen LogP contribution in [0.1, 0.15) is 57.8 Å². The number of allylic oxidation sites excluding steroid dienone is 2. The molecule has 0 saturated heterocycles. The number of aldehydes is 1. The van der Waals surface area contributed by atoms with Gasteiger partial charge in [0.05, 0.1) is 0 Å². The van der Waals surface area contributed by atoms with Crippen molar-refractivity contribution in [3.8, 4) is 0 Å². The molecule has 12 heavy (non-hydrogen) atoms. The van der Waals surface area contributed by atoms with E-state index in [0.717, 1.165) is 6.29 Å². The van der Waals surface area contributed by atoms with Crippen molar-refractivity contribution in [3.05, 3.63) is 11.6 Å². The molecule has 1 nitrogen and oxygen atoms in total. The van der Waals surface area contributed by atoms with Gasteiger partial charge in [0.15, 0.2) is 0 Å². The van der Waals surface area contributed by atoms with E-state index < -0.39 is 0 Å². The molecule has 0 heterocycles. The highest BCUT2D eigenvalue weighted by Crippen LogP contribution is 1.82. The van der Waals surface area contributed by atoms with Gasteiger partial charge in [0, 0.05) is 0 Å². The lowest BCUT2D eigenvalue weighted by Gasteiger charge is -1.74. The highest BCUT2D eigenvalue weighted by atomic mass is 16.1. The van der Waals surface area contributed by atoms with Gasteiger partial charge in [0.2, 0.25) is 0 Å². The van der Waals surface area contributed by atoms with Crippen LogP contribution < -0.4 is 0 Å². The highest BCUT2D eigenvalue weighted by molar-refractivity contribution is 5.44. The smallest absolute Gasteiger partial charge is 0.116 e. The Hall–Kier alpha value is -0.590. The van der Waals surface area contributed by atoms with E-state index in [9.17, 15) is 0 Å². The van der Waals surface area contributed by atoms with Crippen LogP contribution in [0, 0.1) is 0 Å². The summed E-state index contributed by atoms with van der Waals surface area (Å²) in [5.41, 5.74) is 1.38. The summed E-state index contributed by atoms with van der Waals surface area (Å²) in [5, 5.41) is 0. The fraction of sp³-hybridized carbons (Fsp3) is 0.727. The summed E-state index contributed by atoms with van der Waals surface area (Å²) in [6, 6.07) is 0. The molecule has 0 radical (unpaired) electrons. The van der Waals surface area contributed by atoms with E-state index in [4.69, 9.17) is 4.79 Å². The average molecular weight is 178 g/mol. The number of rotatable bonds is 0. The summed E-state index contributed by atoms with van der Waals surface area (Å²) < 4.78 is 0. The molecule has 0 aliphatic carbocycles. The zero-order chi connectivity index (χ0) is 8.99. The summed E-state index contributed by atoms with van der Waals surface area (Å²) in [4.78, 5) is 8.81. The maximum absolute atomic E-state index is 8.81. The molecule has 0 N–H and O–H groups in total. The van der Waals surface area contributed by atoms with E-state index in [1.165, 1.54) is 12.5 Å². The zero-order valence-electron chi connectivity index (χ0n) is 9.06. The van der Waals surface area contributed by atoms with E-state index in [1.54, 1.807) is 0 Å². The Morgan fingerprint density at radius 3 is 1.17 bits per heavy atom.